The van der Waals surface area contributed by atoms with Crippen molar-refractivity contribution in [1.82, 2.24) is 4.72 Å². The van der Waals surface area contributed by atoms with Crippen molar-refractivity contribution >= 4 is 15.9 Å². The van der Waals surface area contributed by atoms with Crippen molar-refractivity contribution in [3.8, 4) is 0 Å². The SMILES string of the molecule is CC(CO)(CO)C(=O)NS(=O)(=O)Cc1ccccc1. The summed E-state index contributed by atoms with van der Waals surface area (Å²) in [5, 5.41) is 18.1. The lowest BCUT2D eigenvalue weighted by molar-refractivity contribution is -0.132. The number of hydrogen-bond acceptors (Lipinski definition) is 5. The minimum Gasteiger partial charge on any atom is -0.395 e. The Morgan fingerprint density at radius 1 is 1.21 bits per heavy atom. The van der Waals surface area contributed by atoms with Crippen LogP contribution in [0.25, 0.3) is 0 Å². The van der Waals surface area contributed by atoms with Crippen LogP contribution in [-0.4, -0.2) is 37.8 Å². The van der Waals surface area contributed by atoms with Crippen LogP contribution in [0.5, 0.6) is 0 Å². The lowest BCUT2D eigenvalue weighted by Crippen LogP contribution is -2.46. The molecule has 0 saturated carbocycles. The normalized spacial score (nSPS) is 12.2. The minimum atomic E-state index is -3.86. The van der Waals surface area contributed by atoms with Gasteiger partial charge in [-0.15, -0.1) is 0 Å². The number of nitrogens with one attached hydrogen (secondary N) is 1. The standard InChI is InChI=1S/C12H17NO5S/c1-12(8-14,9-15)11(16)13-19(17,18)7-10-5-3-2-4-6-10/h2-6,14-15H,7-9H2,1H3,(H,13,16). The van der Waals surface area contributed by atoms with Crippen LogP contribution < -0.4 is 4.72 Å². The summed E-state index contributed by atoms with van der Waals surface area (Å²) >= 11 is 0. The molecule has 0 aromatic heterocycles. The van der Waals surface area contributed by atoms with E-state index in [0.29, 0.717) is 5.56 Å². The number of carbonyl (C=O) groups excluding carboxylic acids is 1. The number of benzene rings is 1. The van der Waals surface area contributed by atoms with Gasteiger partial charge in [-0.1, -0.05) is 30.3 Å². The van der Waals surface area contributed by atoms with E-state index < -0.39 is 34.6 Å². The van der Waals surface area contributed by atoms with E-state index in [1.54, 1.807) is 30.3 Å². The molecule has 0 aliphatic carbocycles. The first kappa shape index (κ1) is 15.6. The molecule has 0 spiro atoms. The van der Waals surface area contributed by atoms with E-state index in [1.165, 1.54) is 6.92 Å². The van der Waals surface area contributed by atoms with Gasteiger partial charge in [0, 0.05) is 0 Å². The summed E-state index contributed by atoms with van der Waals surface area (Å²) in [7, 11) is -3.86. The highest BCUT2D eigenvalue weighted by Crippen LogP contribution is 2.15. The summed E-state index contributed by atoms with van der Waals surface area (Å²) in [5.74, 6) is -1.26. The fraction of sp³-hybridized carbons (Fsp3) is 0.417. The molecule has 0 aliphatic heterocycles. The Kier molecular flexibility index (Phi) is 5.04. The van der Waals surface area contributed by atoms with Crippen molar-refractivity contribution in [2.24, 2.45) is 5.41 Å². The average Bonchev–Trinajstić information content (AvgIpc) is 2.37. The van der Waals surface area contributed by atoms with Crippen molar-refractivity contribution in [2.45, 2.75) is 12.7 Å². The molecule has 7 heteroatoms. The Labute approximate surface area is 112 Å². The Hall–Kier alpha value is -1.44. The zero-order chi connectivity index (χ0) is 14.5. The number of rotatable bonds is 6. The molecule has 0 radical (unpaired) electrons. The van der Waals surface area contributed by atoms with Crippen molar-refractivity contribution < 1.29 is 23.4 Å². The lowest BCUT2D eigenvalue weighted by atomic mass is 9.92. The van der Waals surface area contributed by atoms with E-state index in [4.69, 9.17) is 10.2 Å². The van der Waals surface area contributed by atoms with Crippen molar-refractivity contribution in [1.29, 1.82) is 0 Å². The molecule has 0 fully saturated rings. The van der Waals surface area contributed by atoms with Gasteiger partial charge in [0.25, 0.3) is 0 Å². The van der Waals surface area contributed by atoms with Crippen LogP contribution in [0.4, 0.5) is 0 Å². The highest BCUT2D eigenvalue weighted by molar-refractivity contribution is 7.89. The lowest BCUT2D eigenvalue weighted by Gasteiger charge is -2.23. The quantitative estimate of drug-likeness (QED) is 0.662. The number of sulfonamides is 1. The highest BCUT2D eigenvalue weighted by atomic mass is 32.2. The van der Waals surface area contributed by atoms with Crippen LogP contribution in [0.1, 0.15) is 12.5 Å². The molecule has 1 aromatic rings. The molecule has 6 nitrogen and oxygen atoms in total. The van der Waals surface area contributed by atoms with E-state index in [0.717, 1.165) is 0 Å². The maximum absolute atomic E-state index is 11.8. The van der Waals surface area contributed by atoms with Crippen LogP contribution >= 0.6 is 0 Å². The summed E-state index contributed by atoms with van der Waals surface area (Å²) in [6.07, 6.45) is 0. The van der Waals surface area contributed by atoms with Crippen LogP contribution in [0.2, 0.25) is 0 Å². The molecule has 0 bridgehead atoms. The third-order valence-corrected chi connectivity index (χ3v) is 3.90. The molecule has 0 unspecified atom stereocenters. The second-order valence-corrected chi connectivity index (χ2v) is 6.28. The predicted molar refractivity (Wildman–Crippen MR) is 69.5 cm³/mol. The Balaban J connectivity index is 2.78. The first-order valence-corrected chi connectivity index (χ1v) is 7.29. The third-order valence-electron chi connectivity index (χ3n) is 2.69. The van der Waals surface area contributed by atoms with Gasteiger partial charge in [0.15, 0.2) is 0 Å². The van der Waals surface area contributed by atoms with E-state index in [9.17, 15) is 13.2 Å². The van der Waals surface area contributed by atoms with Gasteiger partial charge >= 0.3 is 0 Å². The molecule has 0 saturated heterocycles. The average molecular weight is 287 g/mol. The van der Waals surface area contributed by atoms with E-state index in [-0.39, 0.29) is 5.75 Å². The minimum absolute atomic E-state index is 0.341. The smallest absolute Gasteiger partial charge is 0.244 e. The second-order valence-electron chi connectivity index (χ2n) is 4.55. The first-order chi connectivity index (χ1) is 8.83. The first-order valence-electron chi connectivity index (χ1n) is 5.63. The largest absolute Gasteiger partial charge is 0.395 e. The molecule has 0 heterocycles. The molecule has 0 aliphatic rings. The van der Waals surface area contributed by atoms with Gasteiger partial charge in [0.05, 0.1) is 24.4 Å². The molecule has 1 aromatic carbocycles. The van der Waals surface area contributed by atoms with Gasteiger partial charge in [0.2, 0.25) is 15.9 Å². The van der Waals surface area contributed by atoms with Crippen LogP contribution in [-0.2, 0) is 20.6 Å². The summed E-state index contributed by atoms with van der Waals surface area (Å²) in [6, 6.07) is 8.39. The Morgan fingerprint density at radius 3 is 2.21 bits per heavy atom. The Morgan fingerprint density at radius 2 is 1.74 bits per heavy atom. The molecular formula is C12H17NO5S. The summed E-state index contributed by atoms with van der Waals surface area (Å²) < 4.78 is 25.4. The van der Waals surface area contributed by atoms with E-state index >= 15 is 0 Å². The molecule has 1 rings (SSSR count). The number of hydrogen-bond donors (Lipinski definition) is 3. The zero-order valence-electron chi connectivity index (χ0n) is 10.5. The van der Waals surface area contributed by atoms with Crippen molar-refractivity contribution in [3.05, 3.63) is 35.9 Å². The van der Waals surface area contributed by atoms with Crippen LogP contribution in [0.15, 0.2) is 30.3 Å². The summed E-state index contributed by atoms with van der Waals surface area (Å²) in [5.41, 5.74) is -0.985. The zero-order valence-corrected chi connectivity index (χ0v) is 11.4. The topological polar surface area (TPSA) is 104 Å². The predicted octanol–water partition coefficient (Wildman–Crippen LogP) is -0.377. The van der Waals surface area contributed by atoms with E-state index in [1.807, 2.05) is 4.72 Å². The summed E-state index contributed by atoms with van der Waals surface area (Å²) in [4.78, 5) is 11.7. The van der Waals surface area contributed by atoms with Gasteiger partial charge in [0.1, 0.15) is 0 Å². The molecule has 106 valence electrons. The van der Waals surface area contributed by atoms with Gasteiger partial charge in [-0.3, -0.25) is 9.52 Å². The van der Waals surface area contributed by atoms with E-state index in [2.05, 4.69) is 0 Å². The van der Waals surface area contributed by atoms with Gasteiger partial charge in [-0.25, -0.2) is 8.42 Å². The maximum atomic E-state index is 11.8. The van der Waals surface area contributed by atoms with Crippen molar-refractivity contribution in [2.75, 3.05) is 13.2 Å². The van der Waals surface area contributed by atoms with Gasteiger partial charge in [-0.05, 0) is 12.5 Å². The Bertz CT molecular complexity index is 522. The molecule has 3 N–H and O–H groups in total. The number of carbonyl (C=O) groups is 1. The monoisotopic (exact) mass is 287 g/mol. The molecule has 19 heavy (non-hydrogen) atoms. The van der Waals surface area contributed by atoms with Crippen molar-refractivity contribution in [3.63, 3.8) is 0 Å². The highest BCUT2D eigenvalue weighted by Gasteiger charge is 2.34. The number of aliphatic hydroxyl groups excluding tert-OH is 2. The van der Waals surface area contributed by atoms with Gasteiger partial charge in [-0.2, -0.15) is 0 Å². The maximum Gasteiger partial charge on any atom is 0.244 e. The van der Waals surface area contributed by atoms with Gasteiger partial charge < -0.3 is 10.2 Å². The summed E-state index contributed by atoms with van der Waals surface area (Å²) in [6.45, 7) is -0.00719. The third kappa shape index (κ3) is 4.30. The fourth-order valence-electron chi connectivity index (χ4n) is 1.29. The second kappa shape index (κ2) is 6.14. The number of aliphatic hydroxyl groups is 2. The van der Waals surface area contributed by atoms with Crippen LogP contribution in [0, 0.1) is 5.41 Å². The van der Waals surface area contributed by atoms with Crippen LogP contribution in [0.3, 0.4) is 0 Å². The molecule has 0 atom stereocenters. The molecule has 1 amide bonds. The fourth-order valence-corrected chi connectivity index (χ4v) is 2.52. The molecular weight excluding hydrogens is 270 g/mol. The number of amides is 1.